The number of aryl methyl sites for hydroxylation is 2. The summed E-state index contributed by atoms with van der Waals surface area (Å²) in [6.45, 7) is 8.22. The van der Waals surface area contributed by atoms with Crippen molar-refractivity contribution in [2.45, 2.75) is 46.2 Å². The summed E-state index contributed by atoms with van der Waals surface area (Å²) in [6.07, 6.45) is 1.11. The van der Waals surface area contributed by atoms with Gasteiger partial charge < -0.3 is 9.84 Å². The average Bonchev–Trinajstić information content (AvgIpc) is 2.86. The number of aliphatic imine (C=N–C) groups is 1. The lowest BCUT2D eigenvalue weighted by molar-refractivity contribution is 0.391. The highest BCUT2D eigenvalue weighted by molar-refractivity contribution is 8.14. The third-order valence-electron chi connectivity index (χ3n) is 3.05. The Morgan fingerprint density at radius 1 is 1.53 bits per heavy atom. The molecule has 2 atom stereocenters. The molecule has 2 rings (SSSR count). The molecule has 0 bridgehead atoms. The zero-order chi connectivity index (χ0) is 12.4. The van der Waals surface area contributed by atoms with Gasteiger partial charge in [-0.1, -0.05) is 23.8 Å². The minimum atomic E-state index is 0.197. The van der Waals surface area contributed by atoms with Gasteiger partial charge in [0.15, 0.2) is 5.17 Å². The molecule has 2 unspecified atom stereocenters. The molecule has 2 heterocycles. The highest BCUT2D eigenvalue weighted by atomic mass is 32.2. The Balaban J connectivity index is 2.05. The third-order valence-corrected chi connectivity index (χ3v) is 4.09. The van der Waals surface area contributed by atoms with Gasteiger partial charge in [-0.25, -0.2) is 0 Å². The van der Waals surface area contributed by atoms with Crippen molar-refractivity contribution in [2.75, 3.05) is 5.75 Å². The number of nitrogens with zero attached hydrogens (tertiary/aromatic N) is 2. The van der Waals surface area contributed by atoms with Crippen LogP contribution in [0.5, 0.6) is 0 Å². The fourth-order valence-electron chi connectivity index (χ4n) is 2.07. The molecule has 1 aliphatic heterocycles. The van der Waals surface area contributed by atoms with E-state index in [1.165, 1.54) is 0 Å². The topological polar surface area (TPSA) is 50.4 Å². The second-order valence-corrected chi connectivity index (χ2v) is 5.42. The molecule has 0 spiro atoms. The Labute approximate surface area is 106 Å². The molecule has 4 nitrogen and oxygen atoms in total. The predicted molar refractivity (Wildman–Crippen MR) is 71.5 cm³/mol. The molecular formula is C12H19N3OS. The van der Waals surface area contributed by atoms with Gasteiger partial charge in [0.05, 0.1) is 17.8 Å². The molecule has 0 saturated heterocycles. The summed E-state index contributed by atoms with van der Waals surface area (Å²) < 4.78 is 5.19. The second kappa shape index (κ2) is 5.12. The molecule has 94 valence electrons. The quantitative estimate of drug-likeness (QED) is 0.900. The number of amidine groups is 1. The van der Waals surface area contributed by atoms with Gasteiger partial charge in [0.1, 0.15) is 5.76 Å². The van der Waals surface area contributed by atoms with Crippen LogP contribution in [0.15, 0.2) is 9.52 Å². The van der Waals surface area contributed by atoms with Gasteiger partial charge in [0, 0.05) is 11.3 Å². The standard InChI is InChI=1S/C12H19N3OS/c1-5-10-6-17-12(14-10)13-7(2)11-8(3)15-16-9(11)4/h7,10H,5-6H2,1-4H3,(H,13,14). The van der Waals surface area contributed by atoms with Gasteiger partial charge in [-0.15, -0.1) is 0 Å². The molecular weight excluding hydrogens is 234 g/mol. The first-order chi connectivity index (χ1) is 8.11. The van der Waals surface area contributed by atoms with Crippen LogP contribution < -0.4 is 5.32 Å². The van der Waals surface area contributed by atoms with Crippen molar-refractivity contribution in [1.82, 2.24) is 10.5 Å². The van der Waals surface area contributed by atoms with E-state index < -0.39 is 0 Å². The van der Waals surface area contributed by atoms with Crippen LogP contribution in [0.2, 0.25) is 0 Å². The Kier molecular flexibility index (Phi) is 3.76. The van der Waals surface area contributed by atoms with E-state index in [9.17, 15) is 0 Å². The highest BCUT2D eigenvalue weighted by Gasteiger charge is 2.21. The van der Waals surface area contributed by atoms with Crippen LogP contribution >= 0.6 is 11.8 Å². The van der Waals surface area contributed by atoms with E-state index in [0.29, 0.717) is 6.04 Å². The lowest BCUT2D eigenvalue weighted by Gasteiger charge is -2.13. The minimum absolute atomic E-state index is 0.197. The normalized spacial score (nSPS) is 21.4. The average molecular weight is 253 g/mol. The molecule has 5 heteroatoms. The number of nitrogens with one attached hydrogen (secondary N) is 1. The number of rotatable bonds is 3. The van der Waals surface area contributed by atoms with E-state index in [-0.39, 0.29) is 6.04 Å². The lowest BCUT2D eigenvalue weighted by Crippen LogP contribution is -2.23. The maximum atomic E-state index is 5.19. The monoisotopic (exact) mass is 253 g/mol. The fraction of sp³-hybridized carbons (Fsp3) is 0.667. The Hall–Kier alpha value is -0.970. The van der Waals surface area contributed by atoms with Crippen LogP contribution in [0.3, 0.4) is 0 Å². The summed E-state index contributed by atoms with van der Waals surface area (Å²) in [5.74, 6) is 1.98. The molecule has 1 N–H and O–H groups in total. The van der Waals surface area contributed by atoms with Crippen LogP contribution in [0.1, 0.15) is 43.3 Å². The molecule has 1 aromatic rings. The lowest BCUT2D eigenvalue weighted by atomic mass is 10.1. The predicted octanol–water partition coefficient (Wildman–Crippen LogP) is 2.82. The van der Waals surface area contributed by atoms with Crippen molar-refractivity contribution in [3.05, 3.63) is 17.0 Å². The SMILES string of the molecule is CCC1CSC(NC(C)c2c(C)noc2C)=N1. The van der Waals surface area contributed by atoms with E-state index in [0.717, 1.165) is 34.4 Å². The minimum Gasteiger partial charge on any atom is -0.361 e. The van der Waals surface area contributed by atoms with Crippen molar-refractivity contribution < 1.29 is 4.52 Å². The smallest absolute Gasteiger partial charge is 0.157 e. The second-order valence-electron chi connectivity index (χ2n) is 4.41. The van der Waals surface area contributed by atoms with Gasteiger partial charge in [-0.3, -0.25) is 4.99 Å². The molecule has 17 heavy (non-hydrogen) atoms. The molecule has 0 amide bonds. The maximum absolute atomic E-state index is 5.19. The Morgan fingerprint density at radius 3 is 2.82 bits per heavy atom. The number of aromatic nitrogens is 1. The summed E-state index contributed by atoms with van der Waals surface area (Å²) in [4.78, 5) is 4.63. The van der Waals surface area contributed by atoms with Crippen molar-refractivity contribution in [2.24, 2.45) is 4.99 Å². The molecule has 1 aliphatic rings. The van der Waals surface area contributed by atoms with Crippen LogP contribution in [0, 0.1) is 13.8 Å². The third kappa shape index (κ3) is 2.65. The van der Waals surface area contributed by atoms with Gasteiger partial charge >= 0.3 is 0 Å². The number of thioether (sulfide) groups is 1. The van der Waals surface area contributed by atoms with Crippen LogP contribution in [-0.4, -0.2) is 22.1 Å². The van der Waals surface area contributed by atoms with E-state index >= 15 is 0 Å². The van der Waals surface area contributed by atoms with Crippen LogP contribution in [0.4, 0.5) is 0 Å². The first-order valence-electron chi connectivity index (χ1n) is 6.01. The zero-order valence-electron chi connectivity index (χ0n) is 10.8. The van der Waals surface area contributed by atoms with Gasteiger partial charge in [-0.2, -0.15) is 0 Å². The highest BCUT2D eigenvalue weighted by Crippen LogP contribution is 2.24. The van der Waals surface area contributed by atoms with E-state index in [1.54, 1.807) is 11.8 Å². The number of hydrogen-bond donors (Lipinski definition) is 1. The maximum Gasteiger partial charge on any atom is 0.157 e. The summed E-state index contributed by atoms with van der Waals surface area (Å²) in [6, 6.07) is 0.669. The van der Waals surface area contributed by atoms with Crippen LogP contribution in [-0.2, 0) is 0 Å². The van der Waals surface area contributed by atoms with E-state index in [2.05, 4.69) is 29.3 Å². The molecule has 0 fully saturated rings. The molecule has 0 aromatic carbocycles. The van der Waals surface area contributed by atoms with Crippen molar-refractivity contribution >= 4 is 16.9 Å². The van der Waals surface area contributed by atoms with Gasteiger partial charge in [-0.05, 0) is 27.2 Å². The van der Waals surface area contributed by atoms with Gasteiger partial charge in [0.2, 0.25) is 0 Å². The first-order valence-corrected chi connectivity index (χ1v) is 7.00. The van der Waals surface area contributed by atoms with Crippen molar-refractivity contribution in [1.29, 1.82) is 0 Å². The fourth-order valence-corrected chi connectivity index (χ4v) is 3.21. The van der Waals surface area contributed by atoms with Gasteiger partial charge in [0.25, 0.3) is 0 Å². The van der Waals surface area contributed by atoms with Crippen molar-refractivity contribution in [3.63, 3.8) is 0 Å². The molecule has 0 saturated carbocycles. The Morgan fingerprint density at radius 2 is 2.29 bits per heavy atom. The zero-order valence-corrected chi connectivity index (χ0v) is 11.6. The van der Waals surface area contributed by atoms with E-state index in [1.807, 2.05) is 13.8 Å². The van der Waals surface area contributed by atoms with Crippen LogP contribution in [0.25, 0.3) is 0 Å². The molecule has 1 aromatic heterocycles. The van der Waals surface area contributed by atoms with E-state index in [4.69, 9.17) is 4.52 Å². The Bertz CT molecular complexity index is 408. The summed E-state index contributed by atoms with van der Waals surface area (Å²) in [5.41, 5.74) is 2.10. The summed E-state index contributed by atoms with van der Waals surface area (Å²) in [7, 11) is 0. The summed E-state index contributed by atoms with van der Waals surface area (Å²) in [5, 5.41) is 8.47. The molecule has 0 radical (unpaired) electrons. The number of hydrogen-bond acceptors (Lipinski definition) is 5. The first kappa shape index (κ1) is 12.5. The summed E-state index contributed by atoms with van der Waals surface area (Å²) >= 11 is 1.80. The molecule has 0 aliphatic carbocycles. The van der Waals surface area contributed by atoms with Crippen molar-refractivity contribution in [3.8, 4) is 0 Å². The largest absolute Gasteiger partial charge is 0.361 e.